The molecule has 0 aliphatic carbocycles. The molecular formula is C16H28N2O2. The fourth-order valence-electron chi connectivity index (χ4n) is 3.44. The number of nitrogens with one attached hydrogen (secondary N) is 1. The Hall–Kier alpha value is -0.870. The summed E-state index contributed by atoms with van der Waals surface area (Å²) in [4.78, 5) is 14.4. The highest BCUT2D eigenvalue weighted by atomic mass is 16.3. The fraction of sp³-hybridized carbons (Fsp3) is 0.812. The van der Waals surface area contributed by atoms with Crippen molar-refractivity contribution in [3.63, 3.8) is 0 Å². The van der Waals surface area contributed by atoms with Gasteiger partial charge >= 0.3 is 0 Å². The zero-order valence-electron chi connectivity index (χ0n) is 12.8. The van der Waals surface area contributed by atoms with Crippen LogP contribution in [0.4, 0.5) is 0 Å². The van der Waals surface area contributed by atoms with Crippen LogP contribution in [0.5, 0.6) is 0 Å². The van der Waals surface area contributed by atoms with Crippen LogP contribution in [0.1, 0.15) is 39.5 Å². The van der Waals surface area contributed by atoms with E-state index in [1.807, 2.05) is 0 Å². The van der Waals surface area contributed by atoms with Crippen molar-refractivity contribution in [3.05, 3.63) is 11.6 Å². The molecule has 3 aliphatic heterocycles. The SMILES string of the molecule is CCC(CC)C(O)CNC(=O)/C=C1/CN2CCC1CC2. The summed E-state index contributed by atoms with van der Waals surface area (Å²) in [5.41, 5.74) is 1.28. The molecule has 1 unspecified atom stereocenters. The second kappa shape index (κ2) is 7.23. The lowest BCUT2D eigenvalue weighted by Gasteiger charge is -2.40. The molecule has 4 heteroatoms. The highest BCUT2D eigenvalue weighted by molar-refractivity contribution is 5.88. The summed E-state index contributed by atoms with van der Waals surface area (Å²) in [6.45, 7) is 7.83. The van der Waals surface area contributed by atoms with Crippen molar-refractivity contribution in [3.8, 4) is 0 Å². The number of hydrogen-bond acceptors (Lipinski definition) is 3. The molecule has 3 fully saturated rings. The monoisotopic (exact) mass is 280 g/mol. The highest BCUT2D eigenvalue weighted by Gasteiger charge is 2.29. The van der Waals surface area contributed by atoms with Gasteiger partial charge in [-0.1, -0.05) is 26.7 Å². The predicted molar refractivity (Wildman–Crippen MR) is 80.3 cm³/mol. The molecule has 0 aromatic heterocycles. The van der Waals surface area contributed by atoms with Crippen LogP contribution >= 0.6 is 0 Å². The van der Waals surface area contributed by atoms with Crippen LogP contribution in [-0.2, 0) is 4.79 Å². The molecule has 0 spiro atoms. The van der Waals surface area contributed by atoms with Gasteiger partial charge in [0.2, 0.25) is 5.91 Å². The normalized spacial score (nSPS) is 28.9. The molecule has 0 aromatic carbocycles. The van der Waals surface area contributed by atoms with Crippen molar-refractivity contribution in [2.24, 2.45) is 11.8 Å². The Morgan fingerprint density at radius 2 is 2.05 bits per heavy atom. The molecular weight excluding hydrogens is 252 g/mol. The maximum atomic E-state index is 12.0. The molecule has 4 nitrogen and oxygen atoms in total. The zero-order valence-corrected chi connectivity index (χ0v) is 12.8. The first kappa shape index (κ1) is 15.5. The topological polar surface area (TPSA) is 52.6 Å². The molecule has 20 heavy (non-hydrogen) atoms. The highest BCUT2D eigenvalue weighted by Crippen LogP contribution is 2.31. The average molecular weight is 280 g/mol. The summed E-state index contributed by atoms with van der Waals surface area (Å²) < 4.78 is 0. The first-order valence-electron chi connectivity index (χ1n) is 8.02. The second-order valence-corrected chi connectivity index (χ2v) is 6.16. The molecule has 0 aromatic rings. The van der Waals surface area contributed by atoms with Crippen LogP contribution in [0.25, 0.3) is 0 Å². The molecule has 3 saturated heterocycles. The molecule has 114 valence electrons. The first-order chi connectivity index (χ1) is 9.63. The fourth-order valence-corrected chi connectivity index (χ4v) is 3.44. The predicted octanol–water partition coefficient (Wildman–Crippen LogP) is 1.55. The largest absolute Gasteiger partial charge is 0.391 e. The molecule has 3 heterocycles. The van der Waals surface area contributed by atoms with Gasteiger partial charge in [-0.15, -0.1) is 0 Å². The van der Waals surface area contributed by atoms with E-state index in [1.54, 1.807) is 6.08 Å². The van der Waals surface area contributed by atoms with Gasteiger partial charge in [0.05, 0.1) is 6.10 Å². The number of carbonyl (C=O) groups excluding carboxylic acids is 1. The number of fused-ring (bicyclic) bond motifs is 3. The smallest absolute Gasteiger partial charge is 0.244 e. The van der Waals surface area contributed by atoms with E-state index in [1.165, 1.54) is 31.5 Å². The lowest BCUT2D eigenvalue weighted by Crippen LogP contribution is -2.43. The summed E-state index contributed by atoms with van der Waals surface area (Å²) in [7, 11) is 0. The van der Waals surface area contributed by atoms with Crippen LogP contribution in [0.15, 0.2) is 11.6 Å². The maximum Gasteiger partial charge on any atom is 0.244 e. The van der Waals surface area contributed by atoms with Crippen LogP contribution < -0.4 is 5.32 Å². The minimum Gasteiger partial charge on any atom is -0.391 e. The van der Waals surface area contributed by atoms with Gasteiger partial charge in [-0.25, -0.2) is 0 Å². The van der Waals surface area contributed by atoms with Gasteiger partial charge in [-0.3, -0.25) is 9.69 Å². The van der Waals surface area contributed by atoms with Crippen molar-refractivity contribution in [2.75, 3.05) is 26.2 Å². The lowest BCUT2D eigenvalue weighted by molar-refractivity contribution is -0.117. The molecule has 3 aliphatic rings. The van der Waals surface area contributed by atoms with Crippen molar-refractivity contribution >= 4 is 5.91 Å². The Kier molecular flexibility index (Phi) is 5.61. The van der Waals surface area contributed by atoms with Crippen molar-refractivity contribution in [1.29, 1.82) is 0 Å². The Morgan fingerprint density at radius 1 is 1.40 bits per heavy atom. The number of aliphatic hydroxyl groups is 1. The molecule has 1 amide bonds. The summed E-state index contributed by atoms with van der Waals surface area (Å²) >= 11 is 0. The van der Waals surface area contributed by atoms with Crippen LogP contribution in [0.2, 0.25) is 0 Å². The van der Waals surface area contributed by atoms with E-state index in [0.29, 0.717) is 12.5 Å². The Bertz CT molecular complexity index is 355. The van der Waals surface area contributed by atoms with Crippen molar-refractivity contribution < 1.29 is 9.90 Å². The standard InChI is InChI=1S/C16H28N2O2/c1-3-12(4-2)15(19)10-17-16(20)9-14-11-18-7-5-13(14)6-8-18/h9,12-13,15,19H,3-8,10-11H2,1-2H3,(H,17,20)/b14-9-. The second-order valence-electron chi connectivity index (χ2n) is 6.16. The summed E-state index contributed by atoms with van der Waals surface area (Å²) in [6.07, 6.45) is 5.62. The zero-order chi connectivity index (χ0) is 14.5. The Labute approximate surface area is 122 Å². The van der Waals surface area contributed by atoms with E-state index < -0.39 is 6.10 Å². The summed E-state index contributed by atoms with van der Waals surface area (Å²) in [6, 6.07) is 0. The first-order valence-corrected chi connectivity index (χ1v) is 8.02. The Morgan fingerprint density at radius 3 is 2.55 bits per heavy atom. The Balaban J connectivity index is 1.80. The number of amides is 1. The van der Waals surface area contributed by atoms with Crippen LogP contribution in [0, 0.1) is 11.8 Å². The van der Waals surface area contributed by atoms with E-state index in [2.05, 4.69) is 24.1 Å². The number of hydrogen-bond donors (Lipinski definition) is 2. The third-order valence-electron chi connectivity index (χ3n) is 4.91. The van der Waals surface area contributed by atoms with Crippen molar-refractivity contribution in [2.45, 2.75) is 45.6 Å². The molecule has 2 N–H and O–H groups in total. The van der Waals surface area contributed by atoms with E-state index in [9.17, 15) is 9.90 Å². The molecule has 2 bridgehead atoms. The molecule has 3 rings (SSSR count). The summed E-state index contributed by atoms with van der Waals surface area (Å²) in [5.74, 6) is 0.841. The van der Waals surface area contributed by atoms with E-state index >= 15 is 0 Å². The maximum absolute atomic E-state index is 12.0. The average Bonchev–Trinajstić information content (AvgIpc) is 2.47. The van der Waals surface area contributed by atoms with Gasteiger partial charge < -0.3 is 10.4 Å². The number of aliphatic hydroxyl groups excluding tert-OH is 1. The van der Waals surface area contributed by atoms with Crippen LogP contribution in [0.3, 0.4) is 0 Å². The van der Waals surface area contributed by atoms with Gasteiger partial charge in [0.15, 0.2) is 0 Å². The van der Waals surface area contributed by atoms with Gasteiger partial charge in [0.1, 0.15) is 0 Å². The van der Waals surface area contributed by atoms with E-state index in [4.69, 9.17) is 0 Å². The number of carbonyl (C=O) groups is 1. The molecule has 0 saturated carbocycles. The van der Waals surface area contributed by atoms with Gasteiger partial charge in [0.25, 0.3) is 0 Å². The van der Waals surface area contributed by atoms with Gasteiger partial charge in [0, 0.05) is 19.2 Å². The van der Waals surface area contributed by atoms with Gasteiger partial charge in [-0.2, -0.15) is 0 Å². The molecule has 1 atom stereocenters. The number of nitrogens with zero attached hydrogens (tertiary/aromatic N) is 1. The quantitative estimate of drug-likeness (QED) is 0.726. The van der Waals surface area contributed by atoms with Crippen LogP contribution in [-0.4, -0.2) is 48.2 Å². The number of piperidine rings is 3. The van der Waals surface area contributed by atoms with Gasteiger partial charge in [-0.05, 0) is 43.3 Å². The van der Waals surface area contributed by atoms with E-state index in [0.717, 1.165) is 19.4 Å². The number of rotatable bonds is 6. The third-order valence-corrected chi connectivity index (χ3v) is 4.91. The lowest BCUT2D eigenvalue weighted by atomic mass is 9.83. The molecule has 0 radical (unpaired) electrons. The minimum atomic E-state index is -0.432. The third kappa shape index (κ3) is 3.83. The van der Waals surface area contributed by atoms with Crippen molar-refractivity contribution in [1.82, 2.24) is 10.2 Å². The summed E-state index contributed by atoms with van der Waals surface area (Å²) in [5, 5.41) is 12.9. The minimum absolute atomic E-state index is 0.0428. The van der Waals surface area contributed by atoms with E-state index in [-0.39, 0.29) is 11.8 Å².